The normalized spacial score (nSPS) is 8.15. The fourth-order valence-corrected chi connectivity index (χ4v) is 0.278. The van der Waals surface area contributed by atoms with Crippen molar-refractivity contribution in [1.82, 2.24) is 0 Å². The van der Waals surface area contributed by atoms with Crippen molar-refractivity contribution in [3.05, 3.63) is 35.6 Å². The summed E-state index contributed by atoms with van der Waals surface area (Å²) in [5.74, 6) is 0. The molecular weight excluding hydrogens is 202 g/mol. The summed E-state index contributed by atoms with van der Waals surface area (Å²) < 4.78 is 71.5. The molecule has 0 radical (unpaired) electrons. The van der Waals surface area contributed by atoms with E-state index in [9.17, 15) is 26.3 Å². The Morgan fingerprint density at radius 2 is 1.00 bits per heavy atom. The predicted molar refractivity (Wildman–Crippen MR) is 28.8 cm³/mol. The van der Waals surface area contributed by atoms with E-state index >= 15 is 0 Å². The first-order chi connectivity index (χ1) is 5.91. The van der Waals surface area contributed by atoms with Crippen molar-refractivity contribution in [3.63, 3.8) is 0 Å². The average Bonchev–Trinajstić information content (AvgIpc) is 1.80. The second kappa shape index (κ2) is 5.13. The van der Waals surface area contributed by atoms with Gasteiger partial charge in [-0.1, -0.05) is 0 Å². The third-order valence-corrected chi connectivity index (χ3v) is 0.565. The van der Waals surface area contributed by atoms with Crippen LogP contribution in [0.5, 0.6) is 0 Å². The highest BCUT2D eigenvalue weighted by Gasteiger charge is 2.01. The molecule has 0 bridgehead atoms. The third kappa shape index (κ3) is 6.80. The van der Waals surface area contributed by atoms with E-state index in [1.165, 1.54) is 0 Å². The van der Waals surface area contributed by atoms with Gasteiger partial charge < -0.3 is 4.74 Å². The Balaban J connectivity index is 4.69. The molecule has 0 saturated heterocycles. The highest BCUT2D eigenvalue weighted by Crippen LogP contribution is 2.09. The Labute approximate surface area is 67.9 Å². The van der Waals surface area contributed by atoms with E-state index in [0.717, 1.165) is 0 Å². The van der Waals surface area contributed by atoms with Gasteiger partial charge in [-0.15, -0.1) is 0 Å². The number of halogens is 6. The van der Waals surface area contributed by atoms with Crippen LogP contribution >= 0.6 is 0 Å². The smallest absolute Gasteiger partial charge is 0.331 e. The van der Waals surface area contributed by atoms with Crippen LogP contribution in [-0.2, 0) is 4.74 Å². The van der Waals surface area contributed by atoms with Gasteiger partial charge in [-0.3, -0.25) is 0 Å². The Hall–Kier alpha value is -1.58. The molecule has 0 saturated carbocycles. The SMILES string of the molecule is FC(F)=C=C(F)OC(F)=C=C(F)F. The lowest BCUT2D eigenvalue weighted by molar-refractivity contribution is 0.154. The average molecular weight is 202 g/mol. The summed E-state index contributed by atoms with van der Waals surface area (Å²) in [5, 5.41) is 0. The van der Waals surface area contributed by atoms with Gasteiger partial charge in [0.15, 0.2) is 0 Å². The fraction of sp³-hybridized carbons (Fsp3) is 0. The van der Waals surface area contributed by atoms with Crippen molar-refractivity contribution in [2.24, 2.45) is 0 Å². The first kappa shape index (κ1) is 11.4. The van der Waals surface area contributed by atoms with Crippen molar-refractivity contribution in [3.8, 4) is 0 Å². The van der Waals surface area contributed by atoms with Crippen LogP contribution in [0.4, 0.5) is 26.3 Å². The second-order valence-corrected chi connectivity index (χ2v) is 1.42. The fourth-order valence-electron chi connectivity index (χ4n) is 0.278. The maximum atomic E-state index is 11.9. The highest BCUT2D eigenvalue weighted by atomic mass is 19.3. The molecule has 0 spiro atoms. The van der Waals surface area contributed by atoms with Gasteiger partial charge in [-0.05, 0) is 0 Å². The molecular formula is C6F6O. The molecule has 7 heteroatoms. The van der Waals surface area contributed by atoms with Crippen molar-refractivity contribution >= 4 is 0 Å². The number of hydrogen-bond donors (Lipinski definition) is 0. The Kier molecular flexibility index (Phi) is 4.51. The first-order valence-corrected chi connectivity index (χ1v) is 2.54. The van der Waals surface area contributed by atoms with Crippen molar-refractivity contribution in [1.29, 1.82) is 0 Å². The zero-order valence-corrected chi connectivity index (χ0v) is 5.68. The van der Waals surface area contributed by atoms with Crippen LogP contribution in [0.15, 0.2) is 35.6 Å². The van der Waals surface area contributed by atoms with Gasteiger partial charge in [-0.2, -0.15) is 26.3 Å². The summed E-state index contributed by atoms with van der Waals surface area (Å²) in [6.45, 7) is 0. The van der Waals surface area contributed by atoms with E-state index in [2.05, 4.69) is 4.74 Å². The molecule has 0 unspecified atom stereocenters. The molecule has 0 N–H and O–H groups in total. The second-order valence-electron chi connectivity index (χ2n) is 1.42. The van der Waals surface area contributed by atoms with Crippen LogP contribution in [0.1, 0.15) is 0 Å². The van der Waals surface area contributed by atoms with Crippen LogP contribution in [-0.4, -0.2) is 0 Å². The van der Waals surface area contributed by atoms with Gasteiger partial charge in [-0.25, -0.2) is 0 Å². The molecule has 0 aromatic carbocycles. The molecule has 0 aliphatic rings. The van der Waals surface area contributed by atoms with E-state index < -0.39 is 24.2 Å². The van der Waals surface area contributed by atoms with E-state index in [1.54, 1.807) is 0 Å². The maximum absolute atomic E-state index is 11.9. The molecule has 0 amide bonds. The summed E-state index contributed by atoms with van der Waals surface area (Å²) in [6.07, 6.45) is -5.23. The Bertz CT molecular complexity index is 278. The summed E-state index contributed by atoms with van der Waals surface area (Å²) >= 11 is 0. The highest BCUT2D eigenvalue weighted by molar-refractivity contribution is 4.92. The van der Waals surface area contributed by atoms with Crippen LogP contribution < -0.4 is 0 Å². The topological polar surface area (TPSA) is 9.23 Å². The predicted octanol–water partition coefficient (Wildman–Crippen LogP) is 3.38. The lowest BCUT2D eigenvalue weighted by atomic mass is 10.8. The zero-order valence-electron chi connectivity index (χ0n) is 5.68. The zero-order chi connectivity index (χ0) is 10.4. The summed E-state index contributed by atoms with van der Waals surface area (Å²) in [5.41, 5.74) is 1.21. The molecule has 0 fully saturated rings. The largest absolute Gasteiger partial charge is 0.391 e. The third-order valence-electron chi connectivity index (χ3n) is 0.565. The van der Waals surface area contributed by atoms with Gasteiger partial charge in [0.05, 0.1) is 0 Å². The summed E-state index contributed by atoms with van der Waals surface area (Å²) in [7, 11) is 0. The minimum absolute atomic E-state index is 0.603. The quantitative estimate of drug-likeness (QED) is 0.379. The van der Waals surface area contributed by atoms with Crippen LogP contribution in [0.3, 0.4) is 0 Å². The summed E-state index contributed by atoms with van der Waals surface area (Å²) in [6, 6.07) is -4.35. The lowest BCUT2D eigenvalue weighted by Crippen LogP contribution is -1.79. The van der Waals surface area contributed by atoms with Crippen molar-refractivity contribution < 1.29 is 31.1 Å². The van der Waals surface area contributed by atoms with Gasteiger partial charge in [0, 0.05) is 11.5 Å². The number of ether oxygens (including phenoxy) is 1. The van der Waals surface area contributed by atoms with Crippen LogP contribution in [0.2, 0.25) is 0 Å². The number of hydrogen-bond acceptors (Lipinski definition) is 1. The molecule has 0 aliphatic heterocycles. The van der Waals surface area contributed by atoms with Crippen LogP contribution in [0, 0.1) is 0 Å². The molecule has 72 valence electrons. The molecule has 0 heterocycles. The van der Waals surface area contributed by atoms with Gasteiger partial charge >= 0.3 is 24.2 Å². The monoisotopic (exact) mass is 202 g/mol. The van der Waals surface area contributed by atoms with Crippen molar-refractivity contribution in [2.45, 2.75) is 0 Å². The Morgan fingerprint density at radius 3 is 1.23 bits per heavy atom. The minimum Gasteiger partial charge on any atom is -0.391 e. The molecule has 0 atom stereocenters. The van der Waals surface area contributed by atoms with Gasteiger partial charge in [0.25, 0.3) is 0 Å². The molecule has 0 aromatic rings. The van der Waals surface area contributed by atoms with E-state index in [-0.39, 0.29) is 0 Å². The van der Waals surface area contributed by atoms with Crippen LogP contribution in [0.25, 0.3) is 0 Å². The van der Waals surface area contributed by atoms with Crippen molar-refractivity contribution in [2.75, 3.05) is 0 Å². The standard InChI is InChI=1S/C6F6O/c7-3(8)1-5(11)13-6(12)2-4(9)10. The van der Waals surface area contributed by atoms with E-state index in [4.69, 9.17) is 0 Å². The van der Waals surface area contributed by atoms with Gasteiger partial charge in [0.2, 0.25) is 0 Å². The van der Waals surface area contributed by atoms with E-state index in [0.29, 0.717) is 11.5 Å². The van der Waals surface area contributed by atoms with Gasteiger partial charge in [0.1, 0.15) is 0 Å². The first-order valence-electron chi connectivity index (χ1n) is 2.54. The molecule has 1 nitrogen and oxygen atoms in total. The molecule has 0 aliphatic carbocycles. The Morgan fingerprint density at radius 1 is 0.692 bits per heavy atom. The minimum atomic E-state index is -2.62. The molecule has 0 aromatic heterocycles. The molecule has 13 heavy (non-hydrogen) atoms. The summed E-state index contributed by atoms with van der Waals surface area (Å²) in [4.78, 5) is 0. The molecule has 0 rings (SSSR count). The maximum Gasteiger partial charge on any atom is 0.331 e. The van der Waals surface area contributed by atoms with E-state index in [1.807, 2.05) is 0 Å². The lowest BCUT2D eigenvalue weighted by Gasteiger charge is -1.90. The number of rotatable bonds is 2.